The van der Waals surface area contributed by atoms with Crippen LogP contribution in [0.1, 0.15) is 19.4 Å². The van der Waals surface area contributed by atoms with Crippen molar-refractivity contribution in [2.24, 2.45) is 5.92 Å². The normalized spacial score (nSPS) is 12.4. The average molecular weight is 579 g/mol. The zero-order valence-electron chi connectivity index (χ0n) is 18.6. The van der Waals surface area contributed by atoms with Crippen LogP contribution in [0.2, 0.25) is 0 Å². The van der Waals surface area contributed by atoms with Gasteiger partial charge in [0.15, 0.2) is 0 Å². The summed E-state index contributed by atoms with van der Waals surface area (Å²) in [5, 5.41) is 0. The van der Waals surface area contributed by atoms with Gasteiger partial charge in [-0.3, -0.25) is 4.79 Å². The molecule has 1 unspecified atom stereocenters. The van der Waals surface area contributed by atoms with Gasteiger partial charge in [0.25, 0.3) is 0 Å². The van der Waals surface area contributed by atoms with Gasteiger partial charge in [0.2, 0.25) is 10.0 Å². The van der Waals surface area contributed by atoms with Gasteiger partial charge in [-0.05, 0) is 70.0 Å². The molecule has 3 aromatic rings. The number of esters is 1. The Labute approximate surface area is 208 Å². The number of hydrogen-bond acceptors (Lipinski definition) is 5. The lowest BCUT2D eigenvalue weighted by Crippen LogP contribution is -2.44. The molecule has 0 spiro atoms. The van der Waals surface area contributed by atoms with E-state index in [4.69, 9.17) is 9.47 Å². The molecule has 0 fully saturated rings. The van der Waals surface area contributed by atoms with Crippen molar-refractivity contribution in [3.05, 3.63) is 81.9 Å². The Hall–Kier alpha value is -2.43. The SMILES string of the molecule is COC(=O)C(NS(=O)(=O)c1ccc(-c2ccc(OCc3ccccc3I)cc2)cc1)C(C)C. The van der Waals surface area contributed by atoms with E-state index in [-0.39, 0.29) is 10.8 Å². The second-order valence-electron chi connectivity index (χ2n) is 7.79. The number of ether oxygens (including phenoxy) is 2. The number of carbonyl (C=O) groups is 1. The summed E-state index contributed by atoms with van der Waals surface area (Å²) in [4.78, 5) is 12.0. The third-order valence-corrected chi connectivity index (χ3v) is 7.62. The van der Waals surface area contributed by atoms with Gasteiger partial charge in [0.05, 0.1) is 12.0 Å². The van der Waals surface area contributed by atoms with Crippen molar-refractivity contribution in [3.8, 4) is 16.9 Å². The largest absolute Gasteiger partial charge is 0.489 e. The van der Waals surface area contributed by atoms with E-state index in [1.165, 1.54) is 19.2 Å². The summed E-state index contributed by atoms with van der Waals surface area (Å²) in [6.45, 7) is 3.99. The lowest BCUT2D eigenvalue weighted by atomic mass is 10.1. The Morgan fingerprint density at radius 1 is 0.939 bits per heavy atom. The predicted molar refractivity (Wildman–Crippen MR) is 136 cm³/mol. The van der Waals surface area contributed by atoms with Crippen molar-refractivity contribution in [1.82, 2.24) is 4.72 Å². The number of sulfonamides is 1. The van der Waals surface area contributed by atoms with Gasteiger partial charge in [0, 0.05) is 9.13 Å². The lowest BCUT2D eigenvalue weighted by Gasteiger charge is -2.19. The van der Waals surface area contributed by atoms with E-state index < -0.39 is 22.0 Å². The standard InChI is InChI=1S/C25H26INO5S/c1-17(2)24(25(28)31-3)27-33(29,30)22-14-10-19(11-15-22)18-8-12-21(13-9-18)32-16-20-6-4-5-7-23(20)26/h4-15,17,24,27H,16H2,1-3H3. The molecular weight excluding hydrogens is 553 g/mol. The monoisotopic (exact) mass is 579 g/mol. The first kappa shape index (κ1) is 25.2. The second-order valence-corrected chi connectivity index (χ2v) is 10.7. The molecule has 3 rings (SSSR count). The minimum absolute atomic E-state index is 0.0817. The van der Waals surface area contributed by atoms with Gasteiger partial charge in [-0.2, -0.15) is 4.72 Å². The Kier molecular flexibility index (Phi) is 8.50. The molecule has 0 aromatic heterocycles. The van der Waals surface area contributed by atoms with E-state index in [9.17, 15) is 13.2 Å². The molecule has 0 aliphatic heterocycles. The maximum absolute atomic E-state index is 12.7. The second kappa shape index (κ2) is 11.1. The van der Waals surface area contributed by atoms with Gasteiger partial charge in [-0.15, -0.1) is 0 Å². The zero-order chi connectivity index (χ0) is 24.0. The van der Waals surface area contributed by atoms with Crippen molar-refractivity contribution < 1.29 is 22.7 Å². The summed E-state index contributed by atoms with van der Waals surface area (Å²) in [6, 6.07) is 21.3. The fourth-order valence-electron chi connectivity index (χ4n) is 3.17. The average Bonchev–Trinajstić information content (AvgIpc) is 2.82. The van der Waals surface area contributed by atoms with Crippen LogP contribution in [-0.2, 0) is 26.2 Å². The third-order valence-electron chi connectivity index (χ3n) is 5.11. The maximum Gasteiger partial charge on any atom is 0.324 e. The summed E-state index contributed by atoms with van der Waals surface area (Å²) in [6.07, 6.45) is 0. The summed E-state index contributed by atoms with van der Waals surface area (Å²) in [7, 11) is -2.64. The zero-order valence-corrected chi connectivity index (χ0v) is 21.6. The molecule has 33 heavy (non-hydrogen) atoms. The van der Waals surface area contributed by atoms with Crippen LogP contribution >= 0.6 is 22.6 Å². The number of methoxy groups -OCH3 is 1. The Bertz CT molecular complexity index is 1190. The highest BCUT2D eigenvalue weighted by molar-refractivity contribution is 14.1. The summed E-state index contributed by atoms with van der Waals surface area (Å²) >= 11 is 2.29. The highest BCUT2D eigenvalue weighted by Gasteiger charge is 2.29. The van der Waals surface area contributed by atoms with Gasteiger partial charge >= 0.3 is 5.97 Å². The van der Waals surface area contributed by atoms with Gasteiger partial charge in [-0.25, -0.2) is 8.42 Å². The molecule has 6 nitrogen and oxygen atoms in total. The molecule has 0 saturated heterocycles. The van der Waals surface area contributed by atoms with Crippen LogP contribution in [0.5, 0.6) is 5.75 Å². The van der Waals surface area contributed by atoms with E-state index in [1.807, 2.05) is 48.5 Å². The molecule has 3 aromatic carbocycles. The fourth-order valence-corrected chi connectivity index (χ4v) is 5.04. The molecule has 174 valence electrons. The summed E-state index contributed by atoms with van der Waals surface area (Å²) in [5.74, 6) is -0.114. The van der Waals surface area contributed by atoms with E-state index in [0.717, 1.165) is 26.0 Å². The molecule has 0 amide bonds. The maximum atomic E-state index is 12.7. The smallest absolute Gasteiger partial charge is 0.324 e. The molecule has 1 atom stereocenters. The highest BCUT2D eigenvalue weighted by Crippen LogP contribution is 2.25. The number of hydrogen-bond donors (Lipinski definition) is 1. The third kappa shape index (κ3) is 6.55. The Morgan fingerprint density at radius 2 is 1.52 bits per heavy atom. The highest BCUT2D eigenvalue weighted by atomic mass is 127. The predicted octanol–water partition coefficient (Wildman–Crippen LogP) is 5.01. The molecular formula is C25H26INO5S. The molecule has 0 saturated carbocycles. The first-order valence-electron chi connectivity index (χ1n) is 10.4. The van der Waals surface area contributed by atoms with Crippen molar-refractivity contribution in [2.45, 2.75) is 31.4 Å². The van der Waals surface area contributed by atoms with E-state index in [1.54, 1.807) is 26.0 Å². The van der Waals surface area contributed by atoms with Crippen LogP contribution in [0.15, 0.2) is 77.7 Å². The molecule has 0 aliphatic carbocycles. The topological polar surface area (TPSA) is 81.7 Å². The molecule has 0 radical (unpaired) electrons. The van der Waals surface area contributed by atoms with Gasteiger partial charge in [-0.1, -0.05) is 56.3 Å². The van der Waals surface area contributed by atoms with Crippen molar-refractivity contribution in [1.29, 1.82) is 0 Å². The summed E-state index contributed by atoms with van der Waals surface area (Å²) in [5.41, 5.74) is 2.93. The van der Waals surface area contributed by atoms with Crippen LogP contribution in [-0.4, -0.2) is 27.5 Å². The van der Waals surface area contributed by atoms with Crippen LogP contribution in [0.4, 0.5) is 0 Å². The Morgan fingerprint density at radius 3 is 2.06 bits per heavy atom. The van der Waals surface area contributed by atoms with Crippen LogP contribution in [0.3, 0.4) is 0 Å². The number of nitrogens with one attached hydrogen (secondary N) is 1. The molecule has 0 heterocycles. The molecule has 0 aliphatic rings. The molecule has 0 bridgehead atoms. The van der Waals surface area contributed by atoms with E-state index in [2.05, 4.69) is 27.3 Å². The van der Waals surface area contributed by atoms with Crippen LogP contribution in [0, 0.1) is 9.49 Å². The fraction of sp³-hybridized carbons (Fsp3) is 0.240. The molecule has 1 N–H and O–H groups in total. The van der Waals surface area contributed by atoms with Gasteiger partial charge in [0.1, 0.15) is 18.4 Å². The van der Waals surface area contributed by atoms with Crippen molar-refractivity contribution in [2.75, 3.05) is 7.11 Å². The first-order valence-corrected chi connectivity index (χ1v) is 12.9. The first-order chi connectivity index (χ1) is 15.7. The van der Waals surface area contributed by atoms with E-state index in [0.29, 0.717) is 6.61 Å². The lowest BCUT2D eigenvalue weighted by molar-refractivity contribution is -0.143. The van der Waals surface area contributed by atoms with Crippen molar-refractivity contribution in [3.63, 3.8) is 0 Å². The summed E-state index contributed by atoms with van der Waals surface area (Å²) < 4.78 is 39.7. The number of halogens is 1. The van der Waals surface area contributed by atoms with Crippen LogP contribution < -0.4 is 9.46 Å². The van der Waals surface area contributed by atoms with Crippen molar-refractivity contribution >= 4 is 38.6 Å². The van der Waals surface area contributed by atoms with E-state index >= 15 is 0 Å². The van der Waals surface area contributed by atoms with Crippen LogP contribution in [0.25, 0.3) is 11.1 Å². The number of rotatable bonds is 9. The minimum Gasteiger partial charge on any atom is -0.489 e. The molecule has 8 heteroatoms. The number of benzene rings is 3. The minimum atomic E-state index is -3.87. The quantitative estimate of drug-likeness (QED) is 0.285. The Balaban J connectivity index is 1.69. The number of carbonyl (C=O) groups excluding carboxylic acids is 1. The van der Waals surface area contributed by atoms with Gasteiger partial charge < -0.3 is 9.47 Å².